The highest BCUT2D eigenvalue weighted by molar-refractivity contribution is 7.99. The van der Waals surface area contributed by atoms with E-state index in [0.29, 0.717) is 21.3 Å². The van der Waals surface area contributed by atoms with E-state index in [1.807, 2.05) is 0 Å². The molecule has 0 atom stereocenters. The van der Waals surface area contributed by atoms with Crippen molar-refractivity contribution in [2.24, 2.45) is 0 Å². The quantitative estimate of drug-likeness (QED) is 0.496. The fourth-order valence-corrected chi connectivity index (χ4v) is 2.30. The molecule has 106 valence electrons. The molecule has 1 heterocycles. The van der Waals surface area contributed by atoms with Crippen molar-refractivity contribution < 1.29 is 9.53 Å². The predicted molar refractivity (Wildman–Crippen MR) is 75.7 cm³/mol. The summed E-state index contributed by atoms with van der Waals surface area (Å²) < 4.78 is 6.48. The van der Waals surface area contributed by atoms with E-state index in [1.54, 1.807) is 32.0 Å². The van der Waals surface area contributed by atoms with Crippen LogP contribution in [0.1, 0.15) is 24.2 Å². The van der Waals surface area contributed by atoms with Crippen LogP contribution in [0.25, 0.3) is 0 Å². The number of hydrogen-bond acceptors (Lipinski definition) is 7. The van der Waals surface area contributed by atoms with Gasteiger partial charge in [-0.2, -0.15) is 0 Å². The highest BCUT2D eigenvalue weighted by atomic mass is 32.2. The summed E-state index contributed by atoms with van der Waals surface area (Å²) in [4.78, 5) is 12.7. The predicted octanol–water partition coefficient (Wildman–Crippen LogP) is 1.29. The molecule has 20 heavy (non-hydrogen) atoms. The molecule has 0 amide bonds. The van der Waals surface area contributed by atoms with Gasteiger partial charge in [-0.15, -0.1) is 10.2 Å². The van der Waals surface area contributed by atoms with Gasteiger partial charge in [0.15, 0.2) is 0 Å². The van der Waals surface area contributed by atoms with Crippen LogP contribution in [-0.4, -0.2) is 26.9 Å². The van der Waals surface area contributed by atoms with Gasteiger partial charge in [-0.05, 0) is 43.8 Å². The summed E-state index contributed by atoms with van der Waals surface area (Å²) >= 11 is 1.22. The first kappa shape index (κ1) is 14.2. The zero-order valence-electron chi connectivity index (χ0n) is 11.1. The second-order valence-electron chi connectivity index (χ2n) is 4.33. The number of esters is 1. The minimum Gasteiger partial charge on any atom is -0.459 e. The summed E-state index contributed by atoms with van der Waals surface area (Å²) in [5.74, 6) is 5.22. The average Bonchev–Trinajstić information content (AvgIpc) is 2.76. The molecule has 4 N–H and O–H groups in total. The van der Waals surface area contributed by atoms with Crippen LogP contribution < -0.4 is 11.6 Å². The number of nitrogen functional groups attached to an aromatic ring is 2. The lowest BCUT2D eigenvalue weighted by Crippen LogP contribution is -2.13. The molecule has 1 aromatic heterocycles. The van der Waals surface area contributed by atoms with E-state index < -0.39 is 5.97 Å². The number of carbonyl (C=O) groups is 1. The van der Waals surface area contributed by atoms with E-state index in [-0.39, 0.29) is 6.10 Å². The molecule has 0 saturated heterocycles. The molecule has 1 aromatic carbocycles. The van der Waals surface area contributed by atoms with Gasteiger partial charge >= 0.3 is 5.97 Å². The van der Waals surface area contributed by atoms with Crippen LogP contribution in [0.5, 0.6) is 0 Å². The third-order valence-corrected chi connectivity index (χ3v) is 3.36. The van der Waals surface area contributed by atoms with Crippen LogP contribution in [0.4, 0.5) is 5.69 Å². The van der Waals surface area contributed by atoms with E-state index in [1.165, 1.54) is 22.8 Å². The van der Waals surface area contributed by atoms with Crippen LogP contribution >= 0.6 is 11.8 Å². The molecule has 0 unspecified atom stereocenters. The van der Waals surface area contributed by atoms with Crippen molar-refractivity contribution in [1.29, 1.82) is 0 Å². The molecule has 0 fully saturated rings. The van der Waals surface area contributed by atoms with E-state index in [9.17, 15) is 4.79 Å². The summed E-state index contributed by atoms with van der Waals surface area (Å²) in [5, 5.41) is 8.01. The van der Waals surface area contributed by atoms with Crippen LogP contribution in [0.2, 0.25) is 0 Å². The Morgan fingerprint density at radius 2 is 2.20 bits per heavy atom. The van der Waals surface area contributed by atoms with Gasteiger partial charge in [0.2, 0.25) is 5.16 Å². The Bertz CT molecular complexity index is 626. The van der Waals surface area contributed by atoms with Crippen molar-refractivity contribution in [3.8, 4) is 0 Å². The van der Waals surface area contributed by atoms with Gasteiger partial charge in [0, 0.05) is 10.6 Å². The van der Waals surface area contributed by atoms with Crippen LogP contribution in [-0.2, 0) is 4.74 Å². The van der Waals surface area contributed by atoms with E-state index in [0.717, 1.165) is 0 Å². The van der Waals surface area contributed by atoms with Crippen molar-refractivity contribution in [3.05, 3.63) is 30.1 Å². The minimum atomic E-state index is -0.433. The minimum absolute atomic E-state index is 0.208. The molecular weight excluding hydrogens is 278 g/mol. The molecule has 0 bridgehead atoms. The van der Waals surface area contributed by atoms with E-state index >= 15 is 0 Å². The van der Waals surface area contributed by atoms with Gasteiger partial charge in [0.1, 0.15) is 6.33 Å². The largest absolute Gasteiger partial charge is 0.459 e. The SMILES string of the molecule is CC(C)OC(=O)c1cc(N)ccc1Sc1nncn1N. The fourth-order valence-electron chi connectivity index (χ4n) is 1.48. The Labute approximate surface area is 120 Å². The van der Waals surface area contributed by atoms with E-state index in [2.05, 4.69) is 10.2 Å². The fraction of sp³-hybridized carbons (Fsp3) is 0.250. The molecule has 0 aliphatic heterocycles. The standard InChI is InChI=1S/C12H15N5O2S/c1-7(2)19-11(18)9-5-8(13)3-4-10(9)20-12-16-15-6-17(12)14/h3-7H,13-14H2,1-2H3. The van der Waals surface area contributed by atoms with Crippen LogP contribution in [0, 0.1) is 0 Å². The second-order valence-corrected chi connectivity index (χ2v) is 5.34. The van der Waals surface area contributed by atoms with Crippen molar-refractivity contribution in [2.75, 3.05) is 11.6 Å². The molecule has 0 aliphatic rings. The van der Waals surface area contributed by atoms with Gasteiger partial charge in [0.25, 0.3) is 0 Å². The lowest BCUT2D eigenvalue weighted by Gasteiger charge is -2.11. The van der Waals surface area contributed by atoms with Gasteiger partial charge in [-0.25, -0.2) is 9.47 Å². The number of hydrogen-bond donors (Lipinski definition) is 2. The first-order chi connectivity index (χ1) is 9.47. The molecular formula is C12H15N5O2S. The maximum Gasteiger partial charge on any atom is 0.339 e. The molecule has 0 radical (unpaired) electrons. The van der Waals surface area contributed by atoms with Gasteiger partial charge in [-0.3, -0.25) is 0 Å². The molecule has 2 rings (SSSR count). The lowest BCUT2D eigenvalue weighted by molar-refractivity contribution is 0.0374. The van der Waals surface area contributed by atoms with E-state index in [4.69, 9.17) is 16.3 Å². The van der Waals surface area contributed by atoms with Crippen LogP contribution in [0.3, 0.4) is 0 Å². The Morgan fingerprint density at radius 3 is 2.80 bits per heavy atom. The maximum absolute atomic E-state index is 12.1. The maximum atomic E-state index is 12.1. The number of carbonyl (C=O) groups excluding carboxylic acids is 1. The zero-order valence-corrected chi connectivity index (χ0v) is 11.9. The van der Waals surface area contributed by atoms with Crippen molar-refractivity contribution >= 4 is 23.4 Å². The number of anilines is 1. The summed E-state index contributed by atoms with van der Waals surface area (Å²) in [6.07, 6.45) is 1.17. The molecule has 0 spiro atoms. The van der Waals surface area contributed by atoms with Crippen LogP contribution in [0.15, 0.2) is 34.6 Å². The number of nitrogens with two attached hydrogens (primary N) is 2. The normalized spacial score (nSPS) is 10.8. The molecule has 2 aromatic rings. The summed E-state index contributed by atoms with van der Waals surface area (Å²) in [6, 6.07) is 5.00. The Kier molecular flexibility index (Phi) is 4.14. The second kappa shape index (κ2) is 5.83. The Morgan fingerprint density at radius 1 is 1.45 bits per heavy atom. The number of ether oxygens (including phenoxy) is 1. The number of rotatable bonds is 4. The average molecular weight is 293 g/mol. The van der Waals surface area contributed by atoms with Crippen molar-refractivity contribution in [1.82, 2.24) is 14.9 Å². The molecule has 7 nitrogen and oxygen atoms in total. The smallest absolute Gasteiger partial charge is 0.339 e. The van der Waals surface area contributed by atoms with Crippen molar-refractivity contribution in [2.45, 2.75) is 30.0 Å². The van der Waals surface area contributed by atoms with Crippen molar-refractivity contribution in [3.63, 3.8) is 0 Å². The summed E-state index contributed by atoms with van der Waals surface area (Å²) in [5.41, 5.74) is 6.59. The van der Waals surface area contributed by atoms with Gasteiger partial charge in [0.05, 0.1) is 11.7 Å². The van der Waals surface area contributed by atoms with Gasteiger partial charge < -0.3 is 16.3 Å². The Hall–Kier alpha value is -2.22. The molecule has 8 heteroatoms. The number of aromatic nitrogens is 3. The third-order valence-electron chi connectivity index (χ3n) is 2.31. The topological polar surface area (TPSA) is 109 Å². The molecule has 0 saturated carbocycles. The monoisotopic (exact) mass is 293 g/mol. The highest BCUT2D eigenvalue weighted by Gasteiger charge is 2.17. The summed E-state index contributed by atoms with van der Waals surface area (Å²) in [6.45, 7) is 3.57. The zero-order chi connectivity index (χ0) is 14.7. The highest BCUT2D eigenvalue weighted by Crippen LogP contribution is 2.30. The number of nitrogens with zero attached hydrogens (tertiary/aromatic N) is 3. The lowest BCUT2D eigenvalue weighted by atomic mass is 10.2. The van der Waals surface area contributed by atoms with Gasteiger partial charge in [-0.1, -0.05) is 0 Å². The molecule has 0 aliphatic carbocycles. The summed E-state index contributed by atoms with van der Waals surface area (Å²) in [7, 11) is 0. The third kappa shape index (κ3) is 3.21. The Balaban J connectivity index is 2.33. The number of benzene rings is 1. The first-order valence-electron chi connectivity index (χ1n) is 5.91. The first-order valence-corrected chi connectivity index (χ1v) is 6.72.